The van der Waals surface area contributed by atoms with Crippen LogP contribution in [0.4, 0.5) is 0 Å². The van der Waals surface area contributed by atoms with Gasteiger partial charge in [-0.3, -0.25) is 4.79 Å². The SMILES string of the molecule is COc1ccc(C(O)C(N)=O)c(OC)c1OC. The number of hydrogen-bond donors (Lipinski definition) is 2. The van der Waals surface area contributed by atoms with Crippen LogP contribution >= 0.6 is 0 Å². The zero-order valence-corrected chi connectivity index (χ0v) is 9.89. The molecule has 0 aliphatic heterocycles. The van der Waals surface area contributed by atoms with Gasteiger partial charge in [0.25, 0.3) is 5.91 Å². The Kier molecular flexibility index (Phi) is 4.17. The lowest BCUT2D eigenvalue weighted by Gasteiger charge is -2.17. The maximum atomic E-state index is 11.0. The average molecular weight is 241 g/mol. The summed E-state index contributed by atoms with van der Waals surface area (Å²) < 4.78 is 15.3. The van der Waals surface area contributed by atoms with Gasteiger partial charge in [0.05, 0.1) is 21.3 Å². The topological polar surface area (TPSA) is 91.0 Å². The molecule has 1 rings (SSSR count). The third-order valence-corrected chi connectivity index (χ3v) is 2.30. The Morgan fingerprint density at radius 2 is 1.76 bits per heavy atom. The van der Waals surface area contributed by atoms with Gasteiger partial charge in [-0.05, 0) is 12.1 Å². The molecule has 1 aromatic carbocycles. The summed E-state index contributed by atoms with van der Waals surface area (Å²) in [7, 11) is 4.30. The highest BCUT2D eigenvalue weighted by molar-refractivity contribution is 5.81. The van der Waals surface area contributed by atoms with Crippen LogP contribution in [0.3, 0.4) is 0 Å². The monoisotopic (exact) mass is 241 g/mol. The van der Waals surface area contributed by atoms with E-state index in [0.717, 1.165) is 0 Å². The zero-order chi connectivity index (χ0) is 13.0. The van der Waals surface area contributed by atoms with Crippen molar-refractivity contribution in [3.05, 3.63) is 17.7 Å². The first-order valence-corrected chi connectivity index (χ1v) is 4.83. The van der Waals surface area contributed by atoms with Crippen LogP contribution in [0.2, 0.25) is 0 Å². The molecule has 3 N–H and O–H groups in total. The van der Waals surface area contributed by atoms with Crippen LogP contribution in [0.5, 0.6) is 17.2 Å². The molecule has 0 aliphatic carbocycles. The number of carbonyl (C=O) groups is 1. The van der Waals surface area contributed by atoms with E-state index in [-0.39, 0.29) is 11.3 Å². The van der Waals surface area contributed by atoms with Crippen molar-refractivity contribution < 1.29 is 24.1 Å². The van der Waals surface area contributed by atoms with Crippen molar-refractivity contribution in [3.63, 3.8) is 0 Å². The molecule has 0 saturated carbocycles. The Morgan fingerprint density at radius 1 is 1.18 bits per heavy atom. The highest BCUT2D eigenvalue weighted by Gasteiger charge is 2.23. The van der Waals surface area contributed by atoms with Crippen LogP contribution in [-0.2, 0) is 4.79 Å². The van der Waals surface area contributed by atoms with Gasteiger partial charge in [-0.25, -0.2) is 0 Å². The van der Waals surface area contributed by atoms with Crippen molar-refractivity contribution >= 4 is 5.91 Å². The number of aliphatic hydroxyl groups excluding tert-OH is 1. The smallest absolute Gasteiger partial charge is 0.251 e. The molecule has 0 radical (unpaired) electrons. The van der Waals surface area contributed by atoms with Crippen LogP contribution in [0, 0.1) is 0 Å². The van der Waals surface area contributed by atoms with Gasteiger partial charge in [-0.1, -0.05) is 0 Å². The maximum Gasteiger partial charge on any atom is 0.251 e. The minimum absolute atomic E-state index is 0.221. The Morgan fingerprint density at radius 3 is 2.18 bits per heavy atom. The Bertz CT molecular complexity index is 419. The van der Waals surface area contributed by atoms with E-state index in [1.807, 2.05) is 0 Å². The van der Waals surface area contributed by atoms with E-state index < -0.39 is 12.0 Å². The summed E-state index contributed by atoms with van der Waals surface area (Å²) in [6.45, 7) is 0. The molecule has 6 nitrogen and oxygen atoms in total. The van der Waals surface area contributed by atoms with Crippen molar-refractivity contribution in [1.29, 1.82) is 0 Å². The second-order valence-corrected chi connectivity index (χ2v) is 3.23. The lowest BCUT2D eigenvalue weighted by atomic mass is 10.1. The van der Waals surface area contributed by atoms with E-state index in [9.17, 15) is 9.90 Å². The lowest BCUT2D eigenvalue weighted by Crippen LogP contribution is -2.21. The number of hydrogen-bond acceptors (Lipinski definition) is 5. The predicted molar refractivity (Wildman–Crippen MR) is 60.3 cm³/mol. The number of ether oxygens (including phenoxy) is 3. The normalized spacial score (nSPS) is 11.8. The fourth-order valence-electron chi connectivity index (χ4n) is 1.49. The number of methoxy groups -OCH3 is 3. The molecule has 0 fully saturated rings. The molecular formula is C11H15NO5. The van der Waals surface area contributed by atoms with Gasteiger partial charge in [0.1, 0.15) is 0 Å². The first kappa shape index (κ1) is 13.1. The van der Waals surface area contributed by atoms with E-state index in [1.54, 1.807) is 6.07 Å². The van der Waals surface area contributed by atoms with Gasteiger partial charge in [-0.2, -0.15) is 0 Å². The summed E-state index contributed by atoms with van der Waals surface area (Å²) in [5.41, 5.74) is 5.27. The first-order valence-electron chi connectivity index (χ1n) is 4.83. The number of amides is 1. The summed E-state index contributed by atoms with van der Waals surface area (Å²) >= 11 is 0. The Balaban J connectivity index is 3.37. The summed E-state index contributed by atoms with van der Waals surface area (Å²) in [5.74, 6) is 0.0891. The third-order valence-electron chi connectivity index (χ3n) is 2.30. The van der Waals surface area contributed by atoms with Gasteiger partial charge in [-0.15, -0.1) is 0 Å². The molecule has 1 amide bonds. The number of primary amides is 1. The van der Waals surface area contributed by atoms with Crippen LogP contribution in [-0.4, -0.2) is 32.3 Å². The van der Waals surface area contributed by atoms with Gasteiger partial charge >= 0.3 is 0 Å². The highest BCUT2D eigenvalue weighted by atomic mass is 16.5. The molecule has 0 heterocycles. The Labute approximate surface area is 98.9 Å². The number of rotatable bonds is 5. The molecule has 1 unspecified atom stereocenters. The zero-order valence-electron chi connectivity index (χ0n) is 9.89. The molecule has 0 aromatic heterocycles. The van der Waals surface area contributed by atoms with Gasteiger partial charge in [0, 0.05) is 5.56 Å². The molecule has 0 saturated heterocycles. The number of benzene rings is 1. The van der Waals surface area contributed by atoms with Crippen LogP contribution in [0.25, 0.3) is 0 Å². The van der Waals surface area contributed by atoms with Crippen LogP contribution in [0.15, 0.2) is 12.1 Å². The second-order valence-electron chi connectivity index (χ2n) is 3.23. The van der Waals surface area contributed by atoms with Gasteiger partial charge < -0.3 is 25.1 Å². The molecular weight excluding hydrogens is 226 g/mol. The Hall–Kier alpha value is -1.95. The molecule has 1 atom stereocenters. The highest BCUT2D eigenvalue weighted by Crippen LogP contribution is 2.41. The van der Waals surface area contributed by atoms with Crippen LogP contribution < -0.4 is 19.9 Å². The quantitative estimate of drug-likeness (QED) is 0.770. The average Bonchev–Trinajstić information content (AvgIpc) is 2.35. The van der Waals surface area contributed by atoms with Gasteiger partial charge in [0.2, 0.25) is 5.75 Å². The van der Waals surface area contributed by atoms with Crippen molar-refractivity contribution in [2.24, 2.45) is 5.73 Å². The largest absolute Gasteiger partial charge is 0.493 e. The number of aliphatic hydroxyl groups is 1. The fraction of sp³-hybridized carbons (Fsp3) is 0.364. The summed E-state index contributed by atoms with van der Waals surface area (Å²) in [6, 6.07) is 3.05. The maximum absolute atomic E-state index is 11.0. The van der Waals surface area contributed by atoms with E-state index in [2.05, 4.69) is 0 Å². The molecule has 0 aliphatic rings. The first-order chi connectivity index (χ1) is 8.06. The third kappa shape index (κ3) is 2.42. The van der Waals surface area contributed by atoms with Crippen LogP contribution in [0.1, 0.15) is 11.7 Å². The van der Waals surface area contributed by atoms with E-state index >= 15 is 0 Å². The summed E-state index contributed by atoms with van der Waals surface area (Å²) in [4.78, 5) is 11.0. The van der Waals surface area contributed by atoms with E-state index in [1.165, 1.54) is 27.4 Å². The van der Waals surface area contributed by atoms with Crippen molar-refractivity contribution in [2.45, 2.75) is 6.10 Å². The standard InChI is InChI=1S/C11H15NO5/c1-15-7-5-4-6(8(13)11(12)14)9(16-2)10(7)17-3/h4-5,8,13H,1-3H3,(H2,12,14). The molecule has 0 spiro atoms. The molecule has 0 bridgehead atoms. The molecule has 1 aromatic rings. The number of nitrogens with two attached hydrogens (primary N) is 1. The second kappa shape index (κ2) is 5.40. The van der Waals surface area contributed by atoms with Crippen molar-refractivity contribution in [2.75, 3.05) is 21.3 Å². The van der Waals surface area contributed by atoms with Crippen molar-refractivity contribution in [1.82, 2.24) is 0 Å². The minimum atomic E-state index is -1.45. The fourth-order valence-corrected chi connectivity index (χ4v) is 1.49. The molecule has 94 valence electrons. The van der Waals surface area contributed by atoms with Gasteiger partial charge in [0.15, 0.2) is 17.6 Å². The predicted octanol–water partition coefficient (Wildman–Crippen LogP) is 0.231. The molecule has 17 heavy (non-hydrogen) atoms. The molecule has 6 heteroatoms. The van der Waals surface area contributed by atoms with E-state index in [0.29, 0.717) is 11.5 Å². The summed E-state index contributed by atoms with van der Waals surface area (Å²) in [6.07, 6.45) is -1.45. The number of carbonyl (C=O) groups excluding carboxylic acids is 1. The van der Waals surface area contributed by atoms with Crippen molar-refractivity contribution in [3.8, 4) is 17.2 Å². The minimum Gasteiger partial charge on any atom is -0.493 e. The summed E-state index contributed by atoms with van der Waals surface area (Å²) in [5, 5.41) is 9.64. The lowest BCUT2D eigenvalue weighted by molar-refractivity contribution is -0.126. The van der Waals surface area contributed by atoms with E-state index in [4.69, 9.17) is 19.9 Å².